The molecule has 4 aliphatic rings. The number of carbonyl (C=O) groups is 6. The van der Waals surface area contributed by atoms with Crippen molar-refractivity contribution >= 4 is 64.0 Å². The Morgan fingerprint density at radius 1 is 0.606 bits per heavy atom. The van der Waals surface area contributed by atoms with Crippen LogP contribution >= 0.6 is 0 Å². The summed E-state index contributed by atoms with van der Waals surface area (Å²) in [4.78, 5) is 96.5. The van der Waals surface area contributed by atoms with Crippen LogP contribution in [0.4, 0.5) is 22.7 Å². The number of likely N-dealkylation sites (tertiary alicyclic amines) is 2. The Kier molecular flexibility index (Phi) is 15.4. The molecule has 4 fully saturated rings. The molecule has 0 bridgehead atoms. The quantitative estimate of drug-likeness (QED) is 0.0695. The molecule has 0 aliphatic carbocycles. The first-order valence-electron chi connectivity index (χ1n) is 23.0. The molecule has 22 nitrogen and oxygen atoms in total. The molecule has 4 aliphatic heterocycles. The largest absolute Gasteiger partial charge is 0.439 e. The summed E-state index contributed by atoms with van der Waals surface area (Å²) < 4.78 is 15.4. The number of aromatic amines is 1. The SMILES string of the molecule is N=C(N)c1ccc(NC(=O)[C@H](O)[C@H]2OCCN(c3ccc(C(=O)N4CCCC4)cc3)C2=O)cc1.O=C(Nc1ccc(-c2noc(=O)[nH]2)cc1)[C@H](O)[C@H]1OCCN(c2ccc(C(=O)N3CCCC3)cc2)C1=O. The van der Waals surface area contributed by atoms with E-state index in [1.54, 1.807) is 97.1 Å². The third kappa shape index (κ3) is 11.5. The third-order valence-electron chi connectivity index (χ3n) is 12.3. The average Bonchev–Trinajstić information content (AvgIpc) is 4.22. The van der Waals surface area contributed by atoms with Gasteiger partial charge in [-0.1, -0.05) is 5.16 Å². The molecular weight excluding hydrogens is 921 g/mol. The maximum absolute atomic E-state index is 13.1. The van der Waals surface area contributed by atoms with Gasteiger partial charge in [-0.2, -0.15) is 0 Å². The Morgan fingerprint density at radius 2 is 1.00 bits per heavy atom. The predicted octanol–water partition coefficient (Wildman–Crippen LogP) is 1.94. The van der Waals surface area contributed by atoms with E-state index in [4.69, 9.17) is 20.6 Å². The second-order valence-corrected chi connectivity index (χ2v) is 17.0. The smallest absolute Gasteiger partial charge is 0.384 e. The molecule has 1 aromatic heterocycles. The number of amides is 6. The van der Waals surface area contributed by atoms with Crippen molar-refractivity contribution in [1.82, 2.24) is 19.9 Å². The van der Waals surface area contributed by atoms with Crippen molar-refractivity contribution in [2.75, 3.05) is 72.9 Å². The highest BCUT2D eigenvalue weighted by atomic mass is 16.5. The van der Waals surface area contributed by atoms with Crippen LogP contribution in [-0.4, -0.2) is 148 Å². The summed E-state index contributed by atoms with van der Waals surface area (Å²) in [5.74, 6) is -3.32. The van der Waals surface area contributed by atoms with Crippen molar-refractivity contribution in [1.29, 1.82) is 5.41 Å². The van der Waals surface area contributed by atoms with Crippen molar-refractivity contribution in [2.24, 2.45) is 5.73 Å². The normalized spacial score (nSPS) is 18.8. The molecule has 0 radical (unpaired) electrons. The van der Waals surface area contributed by atoms with E-state index in [2.05, 4.69) is 25.3 Å². The molecule has 0 spiro atoms. The number of aliphatic hydroxyl groups excluding tert-OH is 2. The number of nitrogens with two attached hydrogens (primary N) is 1. The number of nitrogens with one attached hydrogen (secondary N) is 4. The van der Waals surface area contributed by atoms with Crippen LogP contribution in [0.3, 0.4) is 0 Å². The lowest BCUT2D eigenvalue weighted by atomic mass is 10.1. The molecule has 22 heteroatoms. The molecule has 370 valence electrons. The lowest BCUT2D eigenvalue weighted by molar-refractivity contribution is -0.150. The fraction of sp³-hybridized carbons (Fsp3) is 0.327. The van der Waals surface area contributed by atoms with Crippen LogP contribution in [0.5, 0.6) is 0 Å². The fourth-order valence-electron chi connectivity index (χ4n) is 8.46. The summed E-state index contributed by atoms with van der Waals surface area (Å²) in [6.07, 6.45) is -2.22. The van der Waals surface area contributed by atoms with Crippen LogP contribution in [0, 0.1) is 5.41 Å². The Hall–Kier alpha value is -8.05. The van der Waals surface area contributed by atoms with Gasteiger partial charge >= 0.3 is 5.76 Å². The number of hydrogen-bond donors (Lipinski definition) is 7. The Bertz CT molecular complexity index is 2800. The maximum atomic E-state index is 13.1. The average molecular weight is 973 g/mol. The van der Waals surface area contributed by atoms with Crippen LogP contribution in [0.1, 0.15) is 52.0 Å². The van der Waals surface area contributed by atoms with Crippen LogP contribution < -0.4 is 31.9 Å². The molecule has 0 unspecified atom stereocenters. The van der Waals surface area contributed by atoms with Crippen LogP contribution in [0.2, 0.25) is 0 Å². The van der Waals surface area contributed by atoms with Gasteiger partial charge in [-0.15, -0.1) is 0 Å². The number of anilines is 4. The molecule has 0 saturated carbocycles. The molecule has 4 atom stereocenters. The number of hydrogen-bond acceptors (Lipinski definition) is 14. The molecule has 6 amide bonds. The number of aromatic nitrogens is 2. The monoisotopic (exact) mass is 972 g/mol. The molecule has 9 rings (SSSR count). The standard InChI is InChI=1S/C25H25N5O7.C24H27N5O5/c31-19(22(32)26-17-7-3-15(4-8-17)21-27-25(35)37-28-21)20-24(34)30(13-14-36-20)18-9-5-16(6-10-18)23(33)29-11-1-2-12-29;25-21(26)15-3-7-17(8-4-15)27-22(31)19(30)20-24(33)29(13-14-34-20)18-9-5-16(6-10-18)23(32)28-11-1-2-12-28/h3-10,19-20,31H,1-2,11-14H2,(H,26,32)(H,27,28,35);3-10,19-20,30H,1-2,11-14H2,(H3,25,26)(H,27,31)/t2*19-,20-/m11/s1. The van der Waals surface area contributed by atoms with Gasteiger partial charge in [-0.3, -0.25) is 43.7 Å². The van der Waals surface area contributed by atoms with E-state index in [1.807, 2.05) is 9.80 Å². The zero-order valence-corrected chi connectivity index (χ0v) is 38.3. The van der Waals surface area contributed by atoms with Gasteiger partial charge in [0.1, 0.15) is 5.84 Å². The minimum absolute atomic E-state index is 0.0290. The van der Waals surface area contributed by atoms with E-state index in [-0.39, 0.29) is 49.8 Å². The molecular formula is C49H52N10O12. The summed E-state index contributed by atoms with van der Waals surface area (Å²) in [6, 6.07) is 26.0. The van der Waals surface area contributed by atoms with Gasteiger partial charge in [0.25, 0.3) is 35.4 Å². The first kappa shape index (κ1) is 49.4. The number of morpholine rings is 2. The van der Waals surface area contributed by atoms with Crippen molar-refractivity contribution in [3.8, 4) is 11.4 Å². The minimum atomic E-state index is -1.75. The molecule has 4 saturated heterocycles. The number of rotatable bonds is 12. The van der Waals surface area contributed by atoms with Gasteiger partial charge < -0.3 is 55.7 Å². The van der Waals surface area contributed by atoms with Gasteiger partial charge in [0.05, 0.1) is 13.2 Å². The van der Waals surface area contributed by atoms with Crippen molar-refractivity contribution < 1.29 is 53.0 Å². The zero-order valence-electron chi connectivity index (χ0n) is 38.3. The lowest BCUT2D eigenvalue weighted by Crippen LogP contribution is -2.55. The number of carbonyl (C=O) groups excluding carboxylic acids is 6. The summed E-state index contributed by atoms with van der Waals surface area (Å²) in [5, 5.41) is 37.2. The first-order valence-corrected chi connectivity index (χ1v) is 23.0. The summed E-state index contributed by atoms with van der Waals surface area (Å²) in [6.45, 7) is 3.77. The topological polar surface area (TPSA) is 307 Å². The molecule has 5 heterocycles. The molecule has 8 N–H and O–H groups in total. The van der Waals surface area contributed by atoms with Crippen molar-refractivity contribution in [3.63, 3.8) is 0 Å². The zero-order chi connectivity index (χ0) is 50.2. The van der Waals surface area contributed by atoms with E-state index >= 15 is 0 Å². The highest BCUT2D eigenvalue weighted by Gasteiger charge is 2.41. The number of aliphatic hydroxyl groups is 2. The Labute approximate surface area is 405 Å². The Balaban J connectivity index is 0.000000191. The fourth-order valence-corrected chi connectivity index (χ4v) is 8.46. The van der Waals surface area contributed by atoms with Crippen LogP contribution in [-0.2, 0) is 28.7 Å². The van der Waals surface area contributed by atoms with E-state index in [0.717, 1.165) is 51.9 Å². The summed E-state index contributed by atoms with van der Waals surface area (Å²) in [5.41, 5.74) is 9.41. The highest BCUT2D eigenvalue weighted by molar-refractivity contribution is 6.06. The van der Waals surface area contributed by atoms with Crippen molar-refractivity contribution in [2.45, 2.75) is 50.1 Å². The van der Waals surface area contributed by atoms with E-state index in [0.29, 0.717) is 45.0 Å². The number of nitrogens with zero attached hydrogens (tertiary/aromatic N) is 5. The number of ether oxygens (including phenoxy) is 2. The summed E-state index contributed by atoms with van der Waals surface area (Å²) >= 11 is 0. The second kappa shape index (κ2) is 22.1. The predicted molar refractivity (Wildman–Crippen MR) is 257 cm³/mol. The van der Waals surface area contributed by atoms with Crippen LogP contribution in [0.15, 0.2) is 106 Å². The van der Waals surface area contributed by atoms with E-state index in [1.165, 1.54) is 9.80 Å². The first-order chi connectivity index (χ1) is 34.2. The summed E-state index contributed by atoms with van der Waals surface area (Å²) in [7, 11) is 0. The van der Waals surface area contributed by atoms with Crippen LogP contribution in [0.25, 0.3) is 11.4 Å². The van der Waals surface area contributed by atoms with Gasteiger partial charge in [0.2, 0.25) is 0 Å². The second-order valence-electron chi connectivity index (χ2n) is 17.0. The van der Waals surface area contributed by atoms with E-state index < -0.39 is 53.8 Å². The Morgan fingerprint density at radius 3 is 1.38 bits per heavy atom. The van der Waals surface area contributed by atoms with Gasteiger partial charge in [-0.25, -0.2) is 4.79 Å². The number of amidine groups is 1. The minimum Gasteiger partial charge on any atom is -0.384 e. The molecule has 4 aromatic carbocycles. The maximum Gasteiger partial charge on any atom is 0.439 e. The number of benzene rings is 4. The van der Waals surface area contributed by atoms with Crippen molar-refractivity contribution in [3.05, 3.63) is 124 Å². The molecule has 5 aromatic rings. The highest BCUT2D eigenvalue weighted by Crippen LogP contribution is 2.26. The number of H-pyrrole nitrogens is 1. The van der Waals surface area contributed by atoms with Gasteiger partial charge in [0, 0.05) is 84.3 Å². The number of nitrogen functional groups attached to an aromatic ring is 1. The van der Waals surface area contributed by atoms with E-state index in [9.17, 15) is 43.8 Å². The molecule has 71 heavy (non-hydrogen) atoms. The third-order valence-corrected chi connectivity index (χ3v) is 12.3. The lowest BCUT2D eigenvalue weighted by Gasteiger charge is -2.34. The van der Waals surface area contributed by atoms with Gasteiger partial charge in [-0.05, 0) is 123 Å². The van der Waals surface area contributed by atoms with Gasteiger partial charge in [0.15, 0.2) is 30.2 Å².